The van der Waals surface area contributed by atoms with Gasteiger partial charge in [0.15, 0.2) is 0 Å². The molecule has 3 nitrogen and oxygen atoms in total. The van der Waals surface area contributed by atoms with E-state index in [1.165, 1.54) is 19.2 Å². The molecule has 128 valence electrons. The molecule has 1 rings (SSSR count). The lowest BCUT2D eigenvalue weighted by atomic mass is 10.1. The zero-order chi connectivity index (χ0) is 17.3. The topological polar surface area (TPSA) is 38.3 Å². The molecular formula is C17H22F3NO2. The van der Waals surface area contributed by atoms with Gasteiger partial charge in [0.2, 0.25) is 0 Å². The van der Waals surface area contributed by atoms with Crippen LogP contribution in [0, 0.1) is 0 Å². The van der Waals surface area contributed by atoms with E-state index in [1.807, 2.05) is 6.08 Å². The van der Waals surface area contributed by atoms with Crippen LogP contribution in [0.1, 0.15) is 37.7 Å². The molecule has 1 N–H and O–H groups in total. The van der Waals surface area contributed by atoms with E-state index in [0.29, 0.717) is 12.1 Å². The molecule has 0 heterocycles. The molecule has 0 amide bonds. The summed E-state index contributed by atoms with van der Waals surface area (Å²) in [6.45, 7) is 3.65. The van der Waals surface area contributed by atoms with Gasteiger partial charge in [-0.05, 0) is 43.5 Å². The fourth-order valence-electron chi connectivity index (χ4n) is 2.16. The Morgan fingerprint density at radius 3 is 2.43 bits per heavy atom. The van der Waals surface area contributed by atoms with Crippen LogP contribution in [0.5, 0.6) is 0 Å². The second-order valence-corrected chi connectivity index (χ2v) is 5.22. The number of halogens is 3. The normalized spacial score (nSPS) is 12.5. The molecule has 0 aromatic heterocycles. The van der Waals surface area contributed by atoms with Gasteiger partial charge >= 0.3 is 12.1 Å². The van der Waals surface area contributed by atoms with Gasteiger partial charge in [0.25, 0.3) is 0 Å². The molecule has 0 aliphatic carbocycles. The lowest BCUT2D eigenvalue weighted by Gasteiger charge is -2.18. The Morgan fingerprint density at radius 2 is 1.91 bits per heavy atom. The van der Waals surface area contributed by atoms with Crippen LogP contribution in [-0.4, -0.2) is 19.1 Å². The van der Waals surface area contributed by atoms with E-state index in [2.05, 4.69) is 11.9 Å². The lowest BCUT2D eigenvalue weighted by molar-refractivity contribution is -0.141. The summed E-state index contributed by atoms with van der Waals surface area (Å²) in [4.78, 5) is 11.8. The van der Waals surface area contributed by atoms with Crippen molar-refractivity contribution < 1.29 is 22.7 Å². The number of allylic oxidation sites excluding steroid dienone is 1. The molecule has 1 aromatic carbocycles. The van der Waals surface area contributed by atoms with Gasteiger partial charge in [0.1, 0.15) is 6.04 Å². The predicted octanol–water partition coefficient (Wildman–Crippen LogP) is 4.80. The van der Waals surface area contributed by atoms with Crippen LogP contribution in [0.15, 0.2) is 36.9 Å². The highest BCUT2D eigenvalue weighted by molar-refractivity contribution is 5.79. The van der Waals surface area contributed by atoms with Crippen molar-refractivity contribution >= 4 is 11.7 Å². The number of esters is 1. The van der Waals surface area contributed by atoms with E-state index in [4.69, 9.17) is 4.74 Å². The molecule has 1 unspecified atom stereocenters. The number of rotatable bonds is 9. The molecule has 0 fully saturated rings. The third-order valence-electron chi connectivity index (χ3n) is 3.44. The monoisotopic (exact) mass is 329 g/mol. The highest BCUT2D eigenvalue weighted by Crippen LogP contribution is 2.30. The molecule has 0 radical (unpaired) electrons. The van der Waals surface area contributed by atoms with Crippen molar-refractivity contribution in [2.24, 2.45) is 0 Å². The van der Waals surface area contributed by atoms with Gasteiger partial charge in [-0.3, -0.25) is 0 Å². The van der Waals surface area contributed by atoms with Crippen LogP contribution in [0.4, 0.5) is 18.9 Å². The third kappa shape index (κ3) is 6.76. The van der Waals surface area contributed by atoms with Gasteiger partial charge < -0.3 is 10.1 Å². The standard InChI is InChI=1S/C17H22F3NO2/c1-3-4-5-6-7-8-15(16(22)23-2)21-14-11-9-13(10-12-14)17(18,19)20/h3,9-12,15,21H,1,4-8H2,2H3. The highest BCUT2D eigenvalue weighted by atomic mass is 19.4. The van der Waals surface area contributed by atoms with Crippen molar-refractivity contribution in [3.63, 3.8) is 0 Å². The van der Waals surface area contributed by atoms with Crippen LogP contribution >= 0.6 is 0 Å². The van der Waals surface area contributed by atoms with Crippen LogP contribution < -0.4 is 5.32 Å². The Hall–Kier alpha value is -1.98. The van der Waals surface area contributed by atoms with E-state index in [9.17, 15) is 18.0 Å². The second kappa shape index (κ2) is 9.22. The molecule has 0 aliphatic heterocycles. The minimum atomic E-state index is -4.37. The molecule has 1 aromatic rings. The van der Waals surface area contributed by atoms with Gasteiger partial charge in [-0.25, -0.2) is 4.79 Å². The van der Waals surface area contributed by atoms with Crippen molar-refractivity contribution in [3.05, 3.63) is 42.5 Å². The minimum absolute atomic E-state index is 0.423. The fraction of sp³-hybridized carbons (Fsp3) is 0.471. The highest BCUT2D eigenvalue weighted by Gasteiger charge is 2.30. The number of hydrogen-bond donors (Lipinski definition) is 1. The first-order valence-electron chi connectivity index (χ1n) is 7.51. The molecular weight excluding hydrogens is 307 g/mol. The summed E-state index contributed by atoms with van der Waals surface area (Å²) in [6.07, 6.45) is 1.73. The van der Waals surface area contributed by atoms with Crippen LogP contribution in [0.3, 0.4) is 0 Å². The average molecular weight is 329 g/mol. The van der Waals surface area contributed by atoms with Crippen molar-refractivity contribution in [2.75, 3.05) is 12.4 Å². The summed E-state index contributed by atoms with van der Waals surface area (Å²) in [5, 5.41) is 2.94. The number of benzene rings is 1. The number of unbranched alkanes of at least 4 members (excludes halogenated alkanes) is 3. The van der Waals surface area contributed by atoms with E-state index in [1.54, 1.807) is 0 Å². The molecule has 6 heteroatoms. The fourth-order valence-corrected chi connectivity index (χ4v) is 2.16. The molecule has 0 saturated carbocycles. The Bertz CT molecular complexity index is 498. The number of carbonyl (C=O) groups is 1. The van der Waals surface area contributed by atoms with Gasteiger partial charge in [-0.2, -0.15) is 13.2 Å². The number of nitrogens with one attached hydrogen (secondary N) is 1. The number of hydrogen-bond acceptors (Lipinski definition) is 3. The Kier molecular flexibility index (Phi) is 7.65. The first-order chi connectivity index (χ1) is 10.9. The summed E-state index contributed by atoms with van der Waals surface area (Å²) in [6, 6.07) is 4.04. The largest absolute Gasteiger partial charge is 0.467 e. The quantitative estimate of drug-likeness (QED) is 0.402. The van der Waals surface area contributed by atoms with Crippen LogP contribution in [0.2, 0.25) is 0 Å². The minimum Gasteiger partial charge on any atom is -0.467 e. The zero-order valence-electron chi connectivity index (χ0n) is 13.2. The van der Waals surface area contributed by atoms with Crippen molar-refractivity contribution in [1.82, 2.24) is 0 Å². The van der Waals surface area contributed by atoms with E-state index >= 15 is 0 Å². The summed E-state index contributed by atoms with van der Waals surface area (Å²) in [5.74, 6) is -0.423. The summed E-state index contributed by atoms with van der Waals surface area (Å²) in [7, 11) is 1.29. The Labute approximate surface area is 134 Å². The maximum atomic E-state index is 12.5. The number of anilines is 1. The summed E-state index contributed by atoms with van der Waals surface area (Å²) in [5.41, 5.74) is -0.262. The number of ether oxygens (including phenoxy) is 1. The molecule has 0 saturated heterocycles. The number of methoxy groups -OCH3 is 1. The zero-order valence-corrected chi connectivity index (χ0v) is 13.2. The first kappa shape index (κ1) is 19.1. The SMILES string of the molecule is C=CCCCCCC(Nc1ccc(C(F)(F)F)cc1)C(=O)OC. The molecule has 0 spiro atoms. The average Bonchev–Trinajstić information content (AvgIpc) is 2.52. The van der Waals surface area contributed by atoms with Gasteiger partial charge in [-0.1, -0.05) is 18.9 Å². The van der Waals surface area contributed by atoms with Gasteiger partial charge in [0.05, 0.1) is 12.7 Å². The van der Waals surface area contributed by atoms with E-state index < -0.39 is 23.8 Å². The maximum Gasteiger partial charge on any atom is 0.416 e. The van der Waals surface area contributed by atoms with Crippen molar-refractivity contribution in [2.45, 2.75) is 44.3 Å². The lowest BCUT2D eigenvalue weighted by Crippen LogP contribution is -2.30. The number of alkyl halides is 3. The van der Waals surface area contributed by atoms with Gasteiger partial charge in [-0.15, -0.1) is 6.58 Å². The smallest absolute Gasteiger partial charge is 0.416 e. The molecule has 0 bridgehead atoms. The van der Waals surface area contributed by atoms with E-state index in [-0.39, 0.29) is 0 Å². The van der Waals surface area contributed by atoms with E-state index in [0.717, 1.165) is 37.8 Å². The van der Waals surface area contributed by atoms with Crippen molar-refractivity contribution in [3.8, 4) is 0 Å². The molecule has 0 aliphatic rings. The Morgan fingerprint density at radius 1 is 1.26 bits per heavy atom. The van der Waals surface area contributed by atoms with Crippen LogP contribution in [-0.2, 0) is 15.7 Å². The first-order valence-corrected chi connectivity index (χ1v) is 7.51. The second-order valence-electron chi connectivity index (χ2n) is 5.22. The summed E-state index contributed by atoms with van der Waals surface area (Å²) >= 11 is 0. The Balaban J connectivity index is 2.62. The van der Waals surface area contributed by atoms with Crippen LogP contribution in [0.25, 0.3) is 0 Å². The predicted molar refractivity (Wildman–Crippen MR) is 84.2 cm³/mol. The molecule has 1 atom stereocenters. The van der Waals surface area contributed by atoms with Crippen molar-refractivity contribution in [1.29, 1.82) is 0 Å². The summed E-state index contributed by atoms with van der Waals surface area (Å²) < 4.78 is 42.3. The number of carbonyl (C=O) groups excluding carboxylic acids is 1. The van der Waals surface area contributed by atoms with Gasteiger partial charge in [0, 0.05) is 5.69 Å². The third-order valence-corrected chi connectivity index (χ3v) is 3.44. The maximum absolute atomic E-state index is 12.5. The molecule has 23 heavy (non-hydrogen) atoms.